The molecule has 4 nitrogen and oxygen atoms in total. The van der Waals surface area contributed by atoms with Gasteiger partial charge in [0.1, 0.15) is 0 Å². The lowest BCUT2D eigenvalue weighted by atomic mass is 10.1. The highest BCUT2D eigenvalue weighted by Gasteiger charge is 2.23. The van der Waals surface area contributed by atoms with Crippen molar-refractivity contribution in [2.75, 3.05) is 23.3 Å². The Bertz CT molecular complexity index is 681. The molecule has 2 heterocycles. The molecule has 1 amide bonds. The number of nitrogens with one attached hydrogen (secondary N) is 1. The van der Waals surface area contributed by atoms with Crippen LogP contribution in [0.5, 0.6) is 0 Å². The lowest BCUT2D eigenvalue weighted by molar-refractivity contribution is 0.0986. The molecule has 1 aliphatic heterocycles. The topological polar surface area (TPSA) is 45.2 Å². The SMILES string of the molecule is Cc1ccc(C(=O)N2CCCNc3ccccc32)c(C)n1. The van der Waals surface area contributed by atoms with Gasteiger partial charge in [0.05, 0.1) is 22.6 Å². The molecule has 0 atom stereocenters. The number of hydrogen-bond acceptors (Lipinski definition) is 3. The fourth-order valence-electron chi connectivity index (χ4n) is 2.71. The van der Waals surface area contributed by atoms with Crippen molar-refractivity contribution >= 4 is 17.3 Å². The first-order valence-electron chi connectivity index (χ1n) is 7.26. The lowest BCUT2D eigenvalue weighted by Crippen LogP contribution is -2.32. The minimum absolute atomic E-state index is 0.0242. The largest absolute Gasteiger partial charge is 0.383 e. The minimum atomic E-state index is 0.0242. The second kappa shape index (κ2) is 5.56. The third kappa shape index (κ3) is 2.61. The smallest absolute Gasteiger partial charge is 0.260 e. The molecule has 21 heavy (non-hydrogen) atoms. The van der Waals surface area contributed by atoms with Gasteiger partial charge in [-0.05, 0) is 44.5 Å². The second-order valence-electron chi connectivity index (χ2n) is 5.34. The average Bonchev–Trinajstić information content (AvgIpc) is 2.69. The number of pyridine rings is 1. The molecule has 2 aromatic rings. The summed E-state index contributed by atoms with van der Waals surface area (Å²) in [4.78, 5) is 19.2. The molecule has 0 bridgehead atoms. The van der Waals surface area contributed by atoms with Gasteiger partial charge in [-0.2, -0.15) is 0 Å². The van der Waals surface area contributed by atoms with Crippen molar-refractivity contribution < 1.29 is 4.79 Å². The normalized spacial score (nSPS) is 14.1. The molecule has 4 heteroatoms. The predicted molar refractivity (Wildman–Crippen MR) is 84.9 cm³/mol. The molecule has 1 aromatic heterocycles. The molecule has 0 saturated heterocycles. The van der Waals surface area contributed by atoms with Gasteiger partial charge in [-0.25, -0.2) is 0 Å². The molecule has 1 aliphatic rings. The van der Waals surface area contributed by atoms with E-state index >= 15 is 0 Å². The molecule has 0 radical (unpaired) electrons. The monoisotopic (exact) mass is 281 g/mol. The standard InChI is InChI=1S/C17H19N3O/c1-12-8-9-14(13(2)19-12)17(21)20-11-5-10-18-15-6-3-4-7-16(15)20/h3-4,6-9,18H,5,10-11H2,1-2H3. The zero-order valence-electron chi connectivity index (χ0n) is 12.4. The van der Waals surface area contributed by atoms with E-state index in [1.807, 2.05) is 55.1 Å². The van der Waals surface area contributed by atoms with E-state index < -0.39 is 0 Å². The van der Waals surface area contributed by atoms with Gasteiger partial charge in [0.15, 0.2) is 0 Å². The molecule has 0 unspecified atom stereocenters. The van der Waals surface area contributed by atoms with Crippen molar-refractivity contribution in [3.05, 3.63) is 53.3 Å². The maximum Gasteiger partial charge on any atom is 0.260 e. The number of fused-ring (bicyclic) bond motifs is 1. The Hall–Kier alpha value is -2.36. The predicted octanol–water partition coefficient (Wildman–Crippen LogP) is 3.16. The van der Waals surface area contributed by atoms with Crippen molar-refractivity contribution in [3.63, 3.8) is 0 Å². The molecule has 1 N–H and O–H groups in total. The number of anilines is 2. The van der Waals surface area contributed by atoms with Crippen molar-refractivity contribution in [2.24, 2.45) is 0 Å². The Kier molecular flexibility index (Phi) is 3.60. The van der Waals surface area contributed by atoms with Crippen LogP contribution in [0.15, 0.2) is 36.4 Å². The van der Waals surface area contributed by atoms with E-state index in [-0.39, 0.29) is 5.91 Å². The van der Waals surface area contributed by atoms with Crippen LogP contribution in [0.1, 0.15) is 28.2 Å². The molecule has 108 valence electrons. The summed E-state index contributed by atoms with van der Waals surface area (Å²) < 4.78 is 0. The molecule has 0 aliphatic carbocycles. The fraction of sp³-hybridized carbons (Fsp3) is 0.294. The van der Waals surface area contributed by atoms with Crippen molar-refractivity contribution in [2.45, 2.75) is 20.3 Å². The van der Waals surface area contributed by atoms with Crippen molar-refractivity contribution in [3.8, 4) is 0 Å². The number of aryl methyl sites for hydroxylation is 2. The van der Waals surface area contributed by atoms with Crippen molar-refractivity contribution in [1.29, 1.82) is 0 Å². The number of rotatable bonds is 1. The van der Waals surface area contributed by atoms with Crippen LogP contribution in [-0.2, 0) is 0 Å². The Balaban J connectivity index is 2.01. The number of carbonyl (C=O) groups is 1. The lowest BCUT2D eigenvalue weighted by Gasteiger charge is -2.23. The maximum atomic E-state index is 12.9. The zero-order chi connectivity index (χ0) is 14.8. The summed E-state index contributed by atoms with van der Waals surface area (Å²) in [5, 5.41) is 3.38. The average molecular weight is 281 g/mol. The Morgan fingerprint density at radius 1 is 1.19 bits per heavy atom. The van der Waals surface area contributed by atoms with E-state index in [1.54, 1.807) is 0 Å². The second-order valence-corrected chi connectivity index (χ2v) is 5.34. The summed E-state index contributed by atoms with van der Waals surface area (Å²) in [6, 6.07) is 11.7. The minimum Gasteiger partial charge on any atom is -0.383 e. The quantitative estimate of drug-likeness (QED) is 0.873. The summed E-state index contributed by atoms with van der Waals surface area (Å²) in [5.74, 6) is 0.0242. The highest BCUT2D eigenvalue weighted by Crippen LogP contribution is 2.29. The van der Waals surface area contributed by atoms with Crippen LogP contribution >= 0.6 is 0 Å². The van der Waals surface area contributed by atoms with Gasteiger partial charge in [-0.1, -0.05) is 12.1 Å². The van der Waals surface area contributed by atoms with E-state index in [0.717, 1.165) is 42.3 Å². The first-order valence-corrected chi connectivity index (χ1v) is 7.26. The molecule has 1 aromatic carbocycles. The highest BCUT2D eigenvalue weighted by molar-refractivity contribution is 6.08. The summed E-state index contributed by atoms with van der Waals surface area (Å²) in [5.41, 5.74) is 4.36. The number of para-hydroxylation sites is 2. The Morgan fingerprint density at radius 3 is 2.81 bits per heavy atom. The van der Waals surface area contributed by atoms with Crippen LogP contribution in [0.25, 0.3) is 0 Å². The van der Waals surface area contributed by atoms with Crippen LogP contribution in [0.2, 0.25) is 0 Å². The molecular formula is C17H19N3O. The molecule has 0 spiro atoms. The van der Waals surface area contributed by atoms with Crippen LogP contribution in [0.4, 0.5) is 11.4 Å². The first-order chi connectivity index (χ1) is 10.2. The van der Waals surface area contributed by atoms with Crippen LogP contribution in [-0.4, -0.2) is 24.0 Å². The van der Waals surface area contributed by atoms with Gasteiger partial charge in [0, 0.05) is 18.8 Å². The van der Waals surface area contributed by atoms with Gasteiger partial charge in [-0.3, -0.25) is 9.78 Å². The zero-order valence-corrected chi connectivity index (χ0v) is 12.4. The van der Waals surface area contributed by atoms with Gasteiger partial charge in [0.2, 0.25) is 0 Å². The number of hydrogen-bond donors (Lipinski definition) is 1. The number of aromatic nitrogens is 1. The molecule has 3 rings (SSSR count). The summed E-state index contributed by atoms with van der Waals surface area (Å²) in [6.45, 7) is 5.43. The molecular weight excluding hydrogens is 262 g/mol. The van der Waals surface area contributed by atoms with Crippen LogP contribution in [0.3, 0.4) is 0 Å². The maximum absolute atomic E-state index is 12.9. The summed E-state index contributed by atoms with van der Waals surface area (Å²) >= 11 is 0. The van der Waals surface area contributed by atoms with Gasteiger partial charge in [0.25, 0.3) is 5.91 Å². The summed E-state index contributed by atoms with van der Waals surface area (Å²) in [6.07, 6.45) is 0.929. The number of nitrogens with zero attached hydrogens (tertiary/aromatic N) is 2. The van der Waals surface area contributed by atoms with Crippen LogP contribution < -0.4 is 10.2 Å². The van der Waals surface area contributed by atoms with E-state index in [4.69, 9.17) is 0 Å². The van der Waals surface area contributed by atoms with E-state index in [2.05, 4.69) is 10.3 Å². The Labute approximate surface area is 124 Å². The summed E-state index contributed by atoms with van der Waals surface area (Å²) in [7, 11) is 0. The molecule has 0 saturated carbocycles. The number of carbonyl (C=O) groups excluding carboxylic acids is 1. The Morgan fingerprint density at radius 2 is 2.00 bits per heavy atom. The fourth-order valence-corrected chi connectivity index (χ4v) is 2.71. The van der Waals surface area contributed by atoms with E-state index in [9.17, 15) is 4.79 Å². The van der Waals surface area contributed by atoms with Crippen LogP contribution in [0, 0.1) is 13.8 Å². The van der Waals surface area contributed by atoms with Gasteiger partial charge >= 0.3 is 0 Å². The third-order valence-corrected chi connectivity index (χ3v) is 3.77. The van der Waals surface area contributed by atoms with Gasteiger partial charge < -0.3 is 10.2 Å². The van der Waals surface area contributed by atoms with E-state index in [1.165, 1.54) is 0 Å². The highest BCUT2D eigenvalue weighted by atomic mass is 16.2. The first kappa shape index (κ1) is 13.6. The molecule has 0 fully saturated rings. The number of benzene rings is 1. The van der Waals surface area contributed by atoms with Crippen molar-refractivity contribution in [1.82, 2.24) is 4.98 Å². The van der Waals surface area contributed by atoms with Gasteiger partial charge in [-0.15, -0.1) is 0 Å². The third-order valence-electron chi connectivity index (χ3n) is 3.77. The number of amides is 1. The van der Waals surface area contributed by atoms with E-state index in [0.29, 0.717) is 5.56 Å².